The Kier molecular flexibility index (Phi) is 4.12. The molecule has 0 unspecified atom stereocenters. The monoisotopic (exact) mass is 227 g/mol. The lowest BCUT2D eigenvalue weighted by Crippen LogP contribution is -2.10. The van der Waals surface area contributed by atoms with Crippen molar-refractivity contribution >= 4 is 18.2 Å². The van der Waals surface area contributed by atoms with Gasteiger partial charge in [-0.2, -0.15) is 0 Å². The molecule has 1 aliphatic carbocycles. The van der Waals surface area contributed by atoms with Crippen LogP contribution in [0.1, 0.15) is 22.3 Å². The summed E-state index contributed by atoms with van der Waals surface area (Å²) >= 11 is 0. The van der Waals surface area contributed by atoms with Crippen LogP contribution in [-0.4, -0.2) is 18.9 Å². The first-order chi connectivity index (χ1) is 6.81. The SMILES string of the molecule is Cl.NCCOc1ccc2c(c1)CCC2=O. The molecule has 0 amide bonds. The van der Waals surface area contributed by atoms with Gasteiger partial charge in [0.15, 0.2) is 5.78 Å². The van der Waals surface area contributed by atoms with Gasteiger partial charge < -0.3 is 10.5 Å². The number of ketones is 1. The van der Waals surface area contributed by atoms with Gasteiger partial charge in [-0.1, -0.05) is 0 Å². The molecule has 0 aromatic heterocycles. The van der Waals surface area contributed by atoms with Gasteiger partial charge in [0.05, 0.1) is 0 Å². The van der Waals surface area contributed by atoms with E-state index < -0.39 is 0 Å². The predicted molar refractivity (Wildman–Crippen MR) is 60.9 cm³/mol. The lowest BCUT2D eigenvalue weighted by Gasteiger charge is -2.05. The molecular weight excluding hydrogens is 214 g/mol. The summed E-state index contributed by atoms with van der Waals surface area (Å²) in [6.45, 7) is 1.03. The summed E-state index contributed by atoms with van der Waals surface area (Å²) in [5.41, 5.74) is 7.29. The highest BCUT2D eigenvalue weighted by molar-refractivity contribution is 6.00. The summed E-state index contributed by atoms with van der Waals surface area (Å²) in [6, 6.07) is 5.62. The molecule has 1 aliphatic rings. The first-order valence-corrected chi connectivity index (χ1v) is 4.80. The molecular formula is C11H14ClNO2. The third-order valence-corrected chi connectivity index (χ3v) is 2.39. The maximum Gasteiger partial charge on any atom is 0.163 e. The lowest BCUT2D eigenvalue weighted by molar-refractivity contribution is 0.0994. The molecule has 0 heterocycles. The van der Waals surface area contributed by atoms with Crippen molar-refractivity contribution in [3.05, 3.63) is 29.3 Å². The maximum atomic E-state index is 11.3. The van der Waals surface area contributed by atoms with E-state index in [1.807, 2.05) is 18.2 Å². The number of hydrogen-bond donors (Lipinski definition) is 1. The molecule has 82 valence electrons. The van der Waals surface area contributed by atoms with Gasteiger partial charge in [-0.3, -0.25) is 4.79 Å². The van der Waals surface area contributed by atoms with Gasteiger partial charge in [0.2, 0.25) is 0 Å². The van der Waals surface area contributed by atoms with E-state index in [9.17, 15) is 4.79 Å². The third kappa shape index (κ3) is 2.49. The number of fused-ring (bicyclic) bond motifs is 1. The van der Waals surface area contributed by atoms with Crippen molar-refractivity contribution in [1.82, 2.24) is 0 Å². The third-order valence-electron chi connectivity index (χ3n) is 2.39. The molecule has 0 spiro atoms. The van der Waals surface area contributed by atoms with Crippen LogP contribution in [0.15, 0.2) is 18.2 Å². The molecule has 0 radical (unpaired) electrons. The van der Waals surface area contributed by atoms with Crippen LogP contribution in [0.2, 0.25) is 0 Å². The van der Waals surface area contributed by atoms with E-state index in [1.165, 1.54) is 0 Å². The van der Waals surface area contributed by atoms with Gasteiger partial charge in [-0.25, -0.2) is 0 Å². The minimum atomic E-state index is 0. The average molecular weight is 228 g/mol. The van der Waals surface area contributed by atoms with Crippen LogP contribution in [0.5, 0.6) is 5.75 Å². The molecule has 0 saturated heterocycles. The molecule has 3 nitrogen and oxygen atoms in total. The summed E-state index contributed by atoms with van der Waals surface area (Å²) in [6.07, 6.45) is 1.48. The topological polar surface area (TPSA) is 52.3 Å². The van der Waals surface area contributed by atoms with Crippen molar-refractivity contribution in [3.8, 4) is 5.75 Å². The van der Waals surface area contributed by atoms with Crippen molar-refractivity contribution < 1.29 is 9.53 Å². The predicted octanol–water partition coefficient (Wildman–Crippen LogP) is 1.57. The summed E-state index contributed by atoms with van der Waals surface area (Å²) in [5.74, 6) is 1.05. The molecule has 0 aliphatic heterocycles. The second-order valence-corrected chi connectivity index (χ2v) is 3.38. The molecule has 15 heavy (non-hydrogen) atoms. The van der Waals surface area contributed by atoms with E-state index in [2.05, 4.69) is 0 Å². The number of benzene rings is 1. The van der Waals surface area contributed by atoms with Crippen molar-refractivity contribution in [2.45, 2.75) is 12.8 Å². The summed E-state index contributed by atoms with van der Waals surface area (Å²) in [5, 5.41) is 0. The van der Waals surface area contributed by atoms with Crippen molar-refractivity contribution in [2.24, 2.45) is 5.73 Å². The minimum Gasteiger partial charge on any atom is -0.492 e. The second kappa shape index (κ2) is 5.14. The molecule has 0 fully saturated rings. The zero-order chi connectivity index (χ0) is 9.97. The minimum absolute atomic E-state index is 0. The standard InChI is InChI=1S/C11H13NO2.ClH/c12-5-6-14-9-2-3-10-8(7-9)1-4-11(10)13;/h2-3,7H,1,4-6,12H2;1H. The van der Waals surface area contributed by atoms with E-state index in [1.54, 1.807) is 0 Å². The largest absolute Gasteiger partial charge is 0.492 e. The number of aryl methyl sites for hydroxylation is 1. The van der Waals surface area contributed by atoms with Crippen LogP contribution >= 0.6 is 12.4 Å². The lowest BCUT2D eigenvalue weighted by atomic mass is 10.1. The Morgan fingerprint density at radius 3 is 2.87 bits per heavy atom. The van der Waals surface area contributed by atoms with Gasteiger partial charge in [-0.05, 0) is 30.2 Å². The quantitative estimate of drug-likeness (QED) is 0.853. The number of Topliss-reactive ketones (excluding diaryl/α,β-unsaturated/α-hetero) is 1. The fourth-order valence-electron chi connectivity index (χ4n) is 1.70. The van der Waals surface area contributed by atoms with Crippen LogP contribution in [0.4, 0.5) is 0 Å². The number of ether oxygens (including phenoxy) is 1. The Balaban J connectivity index is 0.00000112. The summed E-state index contributed by atoms with van der Waals surface area (Å²) in [4.78, 5) is 11.3. The average Bonchev–Trinajstić information content (AvgIpc) is 2.57. The normalized spacial score (nSPS) is 13.3. The maximum absolute atomic E-state index is 11.3. The number of halogens is 1. The Labute approximate surface area is 95.0 Å². The van der Waals surface area contributed by atoms with E-state index in [0.717, 1.165) is 23.3 Å². The zero-order valence-corrected chi connectivity index (χ0v) is 9.18. The van der Waals surface area contributed by atoms with Crippen molar-refractivity contribution in [3.63, 3.8) is 0 Å². The Morgan fingerprint density at radius 2 is 2.13 bits per heavy atom. The second-order valence-electron chi connectivity index (χ2n) is 3.38. The van der Waals surface area contributed by atoms with Crippen molar-refractivity contribution in [1.29, 1.82) is 0 Å². The first-order valence-electron chi connectivity index (χ1n) is 4.80. The summed E-state index contributed by atoms with van der Waals surface area (Å²) in [7, 11) is 0. The van der Waals surface area contributed by atoms with Gasteiger partial charge in [0, 0.05) is 18.5 Å². The Bertz CT molecular complexity index is 366. The van der Waals surface area contributed by atoms with Gasteiger partial charge in [-0.15, -0.1) is 12.4 Å². The first kappa shape index (κ1) is 12.0. The van der Waals surface area contributed by atoms with E-state index >= 15 is 0 Å². The highest BCUT2D eigenvalue weighted by Gasteiger charge is 2.19. The van der Waals surface area contributed by atoms with Crippen LogP contribution < -0.4 is 10.5 Å². The van der Waals surface area contributed by atoms with E-state index in [-0.39, 0.29) is 18.2 Å². The van der Waals surface area contributed by atoms with E-state index in [4.69, 9.17) is 10.5 Å². The van der Waals surface area contributed by atoms with Gasteiger partial charge >= 0.3 is 0 Å². The molecule has 2 rings (SSSR count). The number of carbonyl (C=O) groups is 1. The summed E-state index contributed by atoms with van der Waals surface area (Å²) < 4.78 is 5.38. The van der Waals surface area contributed by atoms with Crippen LogP contribution in [0, 0.1) is 0 Å². The van der Waals surface area contributed by atoms with Gasteiger partial charge in [0.25, 0.3) is 0 Å². The smallest absolute Gasteiger partial charge is 0.163 e. The molecule has 0 bridgehead atoms. The number of hydrogen-bond acceptors (Lipinski definition) is 3. The van der Waals surface area contributed by atoms with Crippen LogP contribution in [0.25, 0.3) is 0 Å². The number of carbonyl (C=O) groups excluding carboxylic acids is 1. The Hall–Kier alpha value is -1.06. The molecule has 0 saturated carbocycles. The number of nitrogens with two attached hydrogens (primary N) is 1. The molecule has 4 heteroatoms. The van der Waals surface area contributed by atoms with E-state index in [0.29, 0.717) is 19.6 Å². The fourth-order valence-corrected chi connectivity index (χ4v) is 1.70. The van der Waals surface area contributed by atoms with Crippen LogP contribution in [0.3, 0.4) is 0 Å². The molecule has 0 atom stereocenters. The number of rotatable bonds is 3. The van der Waals surface area contributed by atoms with Crippen LogP contribution in [-0.2, 0) is 6.42 Å². The molecule has 1 aromatic carbocycles. The van der Waals surface area contributed by atoms with Gasteiger partial charge in [0.1, 0.15) is 12.4 Å². The Morgan fingerprint density at radius 1 is 1.33 bits per heavy atom. The highest BCUT2D eigenvalue weighted by atomic mass is 35.5. The molecule has 1 aromatic rings. The molecule has 2 N–H and O–H groups in total. The zero-order valence-electron chi connectivity index (χ0n) is 8.36. The fraction of sp³-hybridized carbons (Fsp3) is 0.364. The van der Waals surface area contributed by atoms with Crippen molar-refractivity contribution in [2.75, 3.05) is 13.2 Å². The highest BCUT2D eigenvalue weighted by Crippen LogP contribution is 2.25.